The molecule has 0 aliphatic heterocycles. The Kier molecular flexibility index (Phi) is 4.13. The van der Waals surface area contributed by atoms with Gasteiger partial charge in [0.05, 0.1) is 5.71 Å². The molecule has 2 aromatic carbocycles. The fraction of sp³-hybridized carbons (Fsp3) is 0.188. The Morgan fingerprint density at radius 2 is 1.72 bits per heavy atom. The van der Waals surface area contributed by atoms with Crippen molar-refractivity contribution in [2.75, 3.05) is 0 Å². The van der Waals surface area contributed by atoms with Gasteiger partial charge in [0.1, 0.15) is 0 Å². The van der Waals surface area contributed by atoms with Gasteiger partial charge >= 0.3 is 0 Å². The van der Waals surface area contributed by atoms with Crippen molar-refractivity contribution in [3.63, 3.8) is 0 Å². The summed E-state index contributed by atoms with van der Waals surface area (Å²) >= 11 is 0. The molecule has 2 aromatic rings. The first-order valence-corrected chi connectivity index (χ1v) is 6.17. The van der Waals surface area contributed by atoms with Crippen LogP contribution in [0.5, 0.6) is 0 Å². The average molecular weight is 239 g/mol. The van der Waals surface area contributed by atoms with Gasteiger partial charge < -0.3 is 5.21 Å². The predicted octanol–water partition coefficient (Wildman–Crippen LogP) is 3.87. The zero-order valence-corrected chi connectivity index (χ0v) is 10.5. The molecule has 0 aromatic heterocycles. The minimum atomic E-state index is 0.727. The molecule has 0 radical (unpaired) electrons. The molecule has 0 amide bonds. The molecule has 1 N–H and O–H groups in total. The highest BCUT2D eigenvalue weighted by molar-refractivity contribution is 6.00. The molecular weight excluding hydrogens is 222 g/mol. The van der Waals surface area contributed by atoms with E-state index in [0.717, 1.165) is 24.1 Å². The molecule has 0 saturated carbocycles. The first-order chi connectivity index (χ1) is 8.83. The highest BCUT2D eigenvalue weighted by Gasteiger charge is 2.03. The molecule has 2 nitrogen and oxygen atoms in total. The maximum atomic E-state index is 8.95. The number of nitrogens with zero attached hydrogens (tertiary/aromatic N) is 1. The maximum absolute atomic E-state index is 8.95. The molecular formula is C16H17NO. The molecule has 18 heavy (non-hydrogen) atoms. The van der Waals surface area contributed by atoms with E-state index >= 15 is 0 Å². The van der Waals surface area contributed by atoms with Crippen LogP contribution in [0.15, 0.2) is 59.8 Å². The third kappa shape index (κ3) is 2.98. The summed E-state index contributed by atoms with van der Waals surface area (Å²) in [5, 5.41) is 12.3. The van der Waals surface area contributed by atoms with Crippen LogP contribution in [0.3, 0.4) is 0 Å². The van der Waals surface area contributed by atoms with Gasteiger partial charge in [0.15, 0.2) is 0 Å². The van der Waals surface area contributed by atoms with Crippen molar-refractivity contribution >= 4 is 5.71 Å². The summed E-state index contributed by atoms with van der Waals surface area (Å²) in [4.78, 5) is 0. The third-order valence-corrected chi connectivity index (χ3v) is 2.97. The van der Waals surface area contributed by atoms with Crippen LogP contribution in [0, 0.1) is 0 Å². The van der Waals surface area contributed by atoms with Gasteiger partial charge in [-0.2, -0.15) is 0 Å². The van der Waals surface area contributed by atoms with Gasteiger partial charge in [0, 0.05) is 0 Å². The maximum Gasteiger partial charge on any atom is 0.0865 e. The van der Waals surface area contributed by atoms with Gasteiger partial charge in [-0.15, -0.1) is 0 Å². The summed E-state index contributed by atoms with van der Waals surface area (Å²) in [7, 11) is 0. The van der Waals surface area contributed by atoms with Crippen molar-refractivity contribution in [1.29, 1.82) is 0 Å². The second-order valence-electron chi connectivity index (χ2n) is 4.26. The number of rotatable bonds is 4. The molecule has 0 unspecified atom stereocenters. The quantitative estimate of drug-likeness (QED) is 0.490. The molecule has 0 spiro atoms. The van der Waals surface area contributed by atoms with Crippen LogP contribution < -0.4 is 0 Å². The van der Waals surface area contributed by atoms with E-state index in [1.165, 1.54) is 11.1 Å². The van der Waals surface area contributed by atoms with Crippen molar-refractivity contribution in [2.45, 2.75) is 19.8 Å². The zero-order chi connectivity index (χ0) is 12.8. The fourth-order valence-corrected chi connectivity index (χ4v) is 2.02. The zero-order valence-electron chi connectivity index (χ0n) is 10.5. The molecule has 2 rings (SSSR count). The molecule has 0 bridgehead atoms. The average Bonchev–Trinajstić information content (AvgIpc) is 2.42. The van der Waals surface area contributed by atoms with Crippen molar-refractivity contribution < 1.29 is 5.21 Å². The Hall–Kier alpha value is -2.09. The highest BCUT2D eigenvalue weighted by Crippen LogP contribution is 2.13. The summed E-state index contributed by atoms with van der Waals surface area (Å²) in [6.07, 6.45) is 1.63. The van der Waals surface area contributed by atoms with E-state index in [0.29, 0.717) is 0 Å². The number of benzene rings is 2. The lowest BCUT2D eigenvalue weighted by Crippen LogP contribution is -2.00. The summed E-state index contributed by atoms with van der Waals surface area (Å²) in [6.45, 7) is 1.99. The first-order valence-electron chi connectivity index (χ1n) is 6.17. The normalized spacial score (nSPS) is 11.5. The fourth-order valence-electron chi connectivity index (χ4n) is 2.02. The van der Waals surface area contributed by atoms with Crippen molar-refractivity contribution in [3.8, 4) is 0 Å². The summed E-state index contributed by atoms with van der Waals surface area (Å²) in [6, 6.07) is 18.5. The van der Waals surface area contributed by atoms with Crippen molar-refractivity contribution in [2.24, 2.45) is 5.16 Å². The number of hydrogen-bond donors (Lipinski definition) is 1. The lowest BCUT2D eigenvalue weighted by Gasteiger charge is -2.06. The second-order valence-corrected chi connectivity index (χ2v) is 4.26. The monoisotopic (exact) mass is 239 g/mol. The van der Waals surface area contributed by atoms with Crippen LogP contribution >= 0.6 is 0 Å². The minimum Gasteiger partial charge on any atom is -0.411 e. The van der Waals surface area contributed by atoms with E-state index in [-0.39, 0.29) is 0 Å². The Labute approximate surface area is 108 Å². The summed E-state index contributed by atoms with van der Waals surface area (Å²) in [5.41, 5.74) is 4.24. The Morgan fingerprint density at radius 1 is 1.00 bits per heavy atom. The highest BCUT2D eigenvalue weighted by atomic mass is 16.4. The van der Waals surface area contributed by atoms with Gasteiger partial charge in [-0.25, -0.2) is 0 Å². The van der Waals surface area contributed by atoms with Gasteiger partial charge in [-0.1, -0.05) is 60.6 Å². The molecule has 0 fully saturated rings. The SMILES string of the molecule is CC/C(=N\O)c1cccc(Cc2ccccc2)c1. The molecule has 0 aliphatic carbocycles. The Balaban J connectivity index is 2.23. The topological polar surface area (TPSA) is 32.6 Å². The lowest BCUT2D eigenvalue weighted by atomic mass is 10.0. The van der Waals surface area contributed by atoms with Crippen molar-refractivity contribution in [3.05, 3.63) is 71.3 Å². The Bertz CT molecular complexity index is 532. The van der Waals surface area contributed by atoms with Crippen LogP contribution in [0.4, 0.5) is 0 Å². The Morgan fingerprint density at radius 3 is 2.39 bits per heavy atom. The molecule has 0 saturated heterocycles. The van der Waals surface area contributed by atoms with Gasteiger partial charge in [0.2, 0.25) is 0 Å². The van der Waals surface area contributed by atoms with Gasteiger partial charge in [0.25, 0.3) is 0 Å². The standard InChI is InChI=1S/C16H17NO/c1-2-16(17-18)15-10-6-9-14(12-15)11-13-7-4-3-5-8-13/h3-10,12,18H,2,11H2,1H3/b17-16+. The summed E-state index contributed by atoms with van der Waals surface area (Å²) in [5.74, 6) is 0. The number of oxime groups is 1. The van der Waals surface area contributed by atoms with Crippen LogP contribution in [0.25, 0.3) is 0 Å². The smallest absolute Gasteiger partial charge is 0.0865 e. The van der Waals surface area contributed by atoms with Crippen LogP contribution in [0.1, 0.15) is 30.0 Å². The van der Waals surface area contributed by atoms with E-state index < -0.39 is 0 Å². The largest absolute Gasteiger partial charge is 0.411 e. The van der Waals surface area contributed by atoms with Gasteiger partial charge in [-0.3, -0.25) is 0 Å². The molecule has 92 valence electrons. The van der Waals surface area contributed by atoms with E-state index in [2.05, 4.69) is 29.4 Å². The first kappa shape index (κ1) is 12.4. The summed E-state index contributed by atoms with van der Waals surface area (Å²) < 4.78 is 0. The van der Waals surface area contributed by atoms with E-state index in [4.69, 9.17) is 5.21 Å². The second kappa shape index (κ2) is 6.01. The third-order valence-electron chi connectivity index (χ3n) is 2.97. The lowest BCUT2D eigenvalue weighted by molar-refractivity contribution is 0.318. The van der Waals surface area contributed by atoms with Gasteiger partial charge in [-0.05, 0) is 35.6 Å². The minimum absolute atomic E-state index is 0.727. The molecule has 0 aliphatic rings. The molecule has 2 heteroatoms. The molecule has 0 atom stereocenters. The van der Waals surface area contributed by atoms with Crippen LogP contribution in [-0.2, 0) is 6.42 Å². The van der Waals surface area contributed by atoms with E-state index in [1.807, 2.05) is 37.3 Å². The van der Waals surface area contributed by atoms with E-state index in [1.54, 1.807) is 0 Å². The number of hydrogen-bond acceptors (Lipinski definition) is 2. The van der Waals surface area contributed by atoms with Crippen LogP contribution in [-0.4, -0.2) is 10.9 Å². The van der Waals surface area contributed by atoms with Crippen molar-refractivity contribution in [1.82, 2.24) is 0 Å². The predicted molar refractivity (Wildman–Crippen MR) is 74.3 cm³/mol. The van der Waals surface area contributed by atoms with Crippen LogP contribution in [0.2, 0.25) is 0 Å². The van der Waals surface area contributed by atoms with E-state index in [9.17, 15) is 0 Å². The molecule has 0 heterocycles.